The van der Waals surface area contributed by atoms with Gasteiger partial charge in [-0.3, -0.25) is 24.1 Å². The first-order valence-electron chi connectivity index (χ1n) is 11.2. The topological polar surface area (TPSA) is 80.8 Å². The molecule has 170 valence electrons. The lowest BCUT2D eigenvalue weighted by Crippen LogP contribution is -2.39. The predicted molar refractivity (Wildman–Crippen MR) is 120 cm³/mol. The van der Waals surface area contributed by atoms with Crippen LogP contribution in [0.5, 0.6) is 0 Å². The number of ether oxygens (including phenoxy) is 1. The molecule has 6 atom stereocenters. The molecule has 7 heteroatoms. The fourth-order valence-corrected chi connectivity index (χ4v) is 6.15. The van der Waals surface area contributed by atoms with Crippen molar-refractivity contribution in [1.29, 1.82) is 0 Å². The monoisotopic (exact) mass is 465 g/mol. The van der Waals surface area contributed by atoms with Gasteiger partial charge in [0.15, 0.2) is 6.10 Å². The summed E-state index contributed by atoms with van der Waals surface area (Å²) in [5.74, 6) is -1.88. The van der Waals surface area contributed by atoms with Gasteiger partial charge >= 0.3 is 5.97 Å². The van der Waals surface area contributed by atoms with Crippen molar-refractivity contribution in [3.05, 3.63) is 70.7 Å². The second kappa shape index (κ2) is 8.41. The molecule has 0 aromatic heterocycles. The molecule has 5 rings (SSSR count). The van der Waals surface area contributed by atoms with E-state index in [9.17, 15) is 19.2 Å². The summed E-state index contributed by atoms with van der Waals surface area (Å²) < 4.78 is 5.27. The summed E-state index contributed by atoms with van der Waals surface area (Å²) in [4.78, 5) is 52.3. The van der Waals surface area contributed by atoms with Crippen LogP contribution in [0.1, 0.15) is 41.6 Å². The zero-order valence-electron chi connectivity index (χ0n) is 18.1. The Morgan fingerprint density at radius 2 is 1.67 bits per heavy atom. The number of carbonyl (C=O) groups excluding carboxylic acids is 4. The van der Waals surface area contributed by atoms with Crippen molar-refractivity contribution in [3.63, 3.8) is 0 Å². The number of Topliss-reactive ketones (excluding diaryl/α,β-unsaturated/α-hetero) is 1. The van der Waals surface area contributed by atoms with Crippen LogP contribution >= 0.6 is 11.6 Å². The number of esters is 1. The Balaban J connectivity index is 1.24. The van der Waals surface area contributed by atoms with Crippen LogP contribution in [0.3, 0.4) is 0 Å². The first-order chi connectivity index (χ1) is 15.8. The van der Waals surface area contributed by atoms with Crippen LogP contribution in [0.15, 0.2) is 54.6 Å². The average Bonchev–Trinajstić information content (AvgIpc) is 3.47. The van der Waals surface area contributed by atoms with Crippen molar-refractivity contribution in [2.45, 2.75) is 31.8 Å². The van der Waals surface area contributed by atoms with Crippen LogP contribution in [0.4, 0.5) is 0 Å². The maximum absolute atomic E-state index is 13.2. The SMILES string of the molecule is C[C@H](OC(=O)CN1C(=O)[C@@H]2[C@@H]3C[C@@H]([C@H]2C1=O)[C@H](c1ccccc1)C3)C(=O)c1ccc(Cl)cc1. The Morgan fingerprint density at radius 1 is 1.00 bits per heavy atom. The first-order valence-corrected chi connectivity index (χ1v) is 11.6. The molecule has 0 spiro atoms. The third kappa shape index (κ3) is 3.76. The molecule has 3 aliphatic rings. The number of imide groups is 1. The number of nitrogens with zero attached hydrogens (tertiary/aromatic N) is 1. The van der Waals surface area contributed by atoms with Crippen LogP contribution in [-0.2, 0) is 19.1 Å². The quantitative estimate of drug-likeness (QED) is 0.367. The second-order valence-electron chi connectivity index (χ2n) is 9.23. The number of amides is 2. The van der Waals surface area contributed by atoms with Crippen molar-refractivity contribution in [2.75, 3.05) is 6.54 Å². The number of hydrogen-bond donors (Lipinski definition) is 0. The molecule has 0 unspecified atom stereocenters. The van der Waals surface area contributed by atoms with Crippen molar-refractivity contribution < 1.29 is 23.9 Å². The third-order valence-corrected chi connectivity index (χ3v) is 7.68. The lowest BCUT2D eigenvalue weighted by atomic mass is 9.73. The van der Waals surface area contributed by atoms with E-state index >= 15 is 0 Å². The molecule has 0 radical (unpaired) electrons. The van der Waals surface area contributed by atoms with Gasteiger partial charge in [0.05, 0.1) is 11.8 Å². The minimum atomic E-state index is -1.04. The standard InChI is InChI=1S/C26H24ClNO5/c1-14(24(30)16-7-9-18(27)10-8-16)33-21(29)13-28-25(31)22-17-11-19(15-5-3-2-4-6-15)20(12-17)23(22)26(28)32/h2-10,14,17,19-20,22-23H,11-13H2,1H3/t14-,17-,19-,20+,22+,23+/m0/s1. The highest BCUT2D eigenvalue weighted by Gasteiger charge is 2.64. The summed E-state index contributed by atoms with van der Waals surface area (Å²) in [6, 6.07) is 16.4. The van der Waals surface area contributed by atoms with Gasteiger partial charge in [-0.25, -0.2) is 0 Å². The highest BCUT2D eigenvalue weighted by molar-refractivity contribution is 6.30. The van der Waals surface area contributed by atoms with E-state index in [2.05, 4.69) is 12.1 Å². The van der Waals surface area contributed by atoms with Crippen molar-refractivity contribution in [2.24, 2.45) is 23.7 Å². The van der Waals surface area contributed by atoms with Crippen LogP contribution in [0, 0.1) is 23.7 Å². The minimum Gasteiger partial charge on any atom is -0.453 e. The molecule has 33 heavy (non-hydrogen) atoms. The van der Waals surface area contributed by atoms with Gasteiger partial charge in [-0.05, 0) is 67.3 Å². The summed E-state index contributed by atoms with van der Waals surface area (Å²) in [6.45, 7) is 1.01. The van der Waals surface area contributed by atoms with Gasteiger partial charge in [-0.2, -0.15) is 0 Å². The molecule has 2 saturated carbocycles. The molecule has 1 saturated heterocycles. The molecule has 0 N–H and O–H groups in total. The molecule has 2 bridgehead atoms. The maximum atomic E-state index is 13.2. The van der Waals surface area contributed by atoms with E-state index in [1.54, 1.807) is 24.3 Å². The van der Waals surface area contributed by atoms with E-state index in [1.807, 2.05) is 18.2 Å². The summed E-state index contributed by atoms with van der Waals surface area (Å²) in [7, 11) is 0. The van der Waals surface area contributed by atoms with E-state index in [4.69, 9.17) is 16.3 Å². The van der Waals surface area contributed by atoms with Crippen LogP contribution in [0.2, 0.25) is 5.02 Å². The second-order valence-corrected chi connectivity index (χ2v) is 9.67. The zero-order chi connectivity index (χ0) is 23.3. The van der Waals surface area contributed by atoms with Gasteiger partial charge in [-0.15, -0.1) is 0 Å². The Morgan fingerprint density at radius 3 is 2.36 bits per heavy atom. The number of ketones is 1. The van der Waals surface area contributed by atoms with E-state index in [0.717, 1.165) is 17.7 Å². The Kier molecular flexibility index (Phi) is 5.57. The number of fused-ring (bicyclic) bond motifs is 5. The molecule has 3 fully saturated rings. The Bertz CT molecular complexity index is 1120. The zero-order valence-corrected chi connectivity index (χ0v) is 18.9. The first kappa shape index (κ1) is 21.8. The highest BCUT2D eigenvalue weighted by atomic mass is 35.5. The number of hydrogen-bond acceptors (Lipinski definition) is 5. The fraction of sp³-hybridized carbons (Fsp3) is 0.385. The number of halogens is 1. The molecule has 1 heterocycles. The Labute approximate surface area is 196 Å². The summed E-state index contributed by atoms with van der Waals surface area (Å²) in [5, 5.41) is 0.497. The third-order valence-electron chi connectivity index (χ3n) is 7.43. The van der Waals surface area contributed by atoms with Gasteiger partial charge in [-0.1, -0.05) is 41.9 Å². The van der Waals surface area contributed by atoms with Crippen molar-refractivity contribution in [3.8, 4) is 0 Å². The Hall–Kier alpha value is -2.99. The van der Waals surface area contributed by atoms with E-state index < -0.39 is 18.6 Å². The van der Waals surface area contributed by atoms with Gasteiger partial charge in [0.1, 0.15) is 6.54 Å². The highest BCUT2D eigenvalue weighted by Crippen LogP contribution is 2.61. The van der Waals surface area contributed by atoms with E-state index in [0.29, 0.717) is 10.6 Å². The molecular weight excluding hydrogens is 442 g/mol. The normalized spacial score (nSPS) is 28.7. The molecule has 6 nitrogen and oxygen atoms in total. The van der Waals surface area contributed by atoms with Crippen LogP contribution in [-0.4, -0.2) is 41.1 Å². The van der Waals surface area contributed by atoms with Crippen LogP contribution < -0.4 is 0 Å². The molecule has 2 aromatic rings. The number of benzene rings is 2. The van der Waals surface area contributed by atoms with Gasteiger partial charge in [0, 0.05) is 10.6 Å². The van der Waals surface area contributed by atoms with E-state index in [-0.39, 0.29) is 47.2 Å². The van der Waals surface area contributed by atoms with E-state index in [1.165, 1.54) is 12.5 Å². The summed E-state index contributed by atoms with van der Waals surface area (Å²) in [6.07, 6.45) is 0.724. The molecule has 2 amide bonds. The lowest BCUT2D eigenvalue weighted by Gasteiger charge is -2.28. The molecule has 2 aromatic carbocycles. The summed E-state index contributed by atoms with van der Waals surface area (Å²) in [5.41, 5.74) is 1.57. The maximum Gasteiger partial charge on any atom is 0.326 e. The van der Waals surface area contributed by atoms with Crippen LogP contribution in [0.25, 0.3) is 0 Å². The number of likely N-dealkylation sites (tertiary alicyclic amines) is 1. The van der Waals surface area contributed by atoms with Crippen molar-refractivity contribution in [1.82, 2.24) is 4.90 Å². The lowest BCUT2D eigenvalue weighted by molar-refractivity contribution is -0.155. The summed E-state index contributed by atoms with van der Waals surface area (Å²) >= 11 is 5.85. The largest absolute Gasteiger partial charge is 0.453 e. The van der Waals surface area contributed by atoms with Crippen molar-refractivity contribution >= 4 is 35.2 Å². The number of carbonyl (C=O) groups is 4. The van der Waals surface area contributed by atoms with Gasteiger partial charge in [0.25, 0.3) is 0 Å². The predicted octanol–water partition coefficient (Wildman–Crippen LogP) is 3.88. The molecular formula is C26H24ClNO5. The molecule has 2 aliphatic carbocycles. The molecule has 1 aliphatic heterocycles. The van der Waals surface area contributed by atoms with Gasteiger partial charge < -0.3 is 4.74 Å². The average molecular weight is 466 g/mol. The fourth-order valence-electron chi connectivity index (χ4n) is 6.03. The smallest absolute Gasteiger partial charge is 0.326 e. The van der Waals surface area contributed by atoms with Gasteiger partial charge in [0.2, 0.25) is 17.6 Å². The number of rotatable bonds is 6. The minimum absolute atomic E-state index is 0.116.